The van der Waals surface area contributed by atoms with Crippen LogP contribution in [0.3, 0.4) is 0 Å². The first kappa shape index (κ1) is 22.9. The van der Waals surface area contributed by atoms with E-state index in [9.17, 15) is 9.18 Å². The van der Waals surface area contributed by atoms with Gasteiger partial charge in [0.15, 0.2) is 5.16 Å². The first-order valence-electron chi connectivity index (χ1n) is 10.6. The summed E-state index contributed by atoms with van der Waals surface area (Å²) in [5.74, 6) is 0.251. The molecule has 9 heteroatoms. The highest BCUT2D eigenvalue weighted by Gasteiger charge is 2.19. The van der Waals surface area contributed by atoms with E-state index in [4.69, 9.17) is 0 Å². The molecular formula is C23H25BrFN5OS. The first-order valence-corrected chi connectivity index (χ1v) is 12.4. The van der Waals surface area contributed by atoms with Gasteiger partial charge >= 0.3 is 0 Å². The van der Waals surface area contributed by atoms with Crippen LogP contribution in [-0.4, -0.2) is 44.4 Å². The number of carbonyl (C=O) groups excluding carboxylic acids is 1. The Kier molecular flexibility index (Phi) is 7.94. The normalized spacial score (nSPS) is 14.4. The minimum absolute atomic E-state index is 0.117. The number of thioether (sulfide) groups is 1. The smallest absolute Gasteiger partial charge is 0.234 e. The highest BCUT2D eigenvalue weighted by molar-refractivity contribution is 9.10. The summed E-state index contributed by atoms with van der Waals surface area (Å²) in [6.07, 6.45) is 3.70. The second-order valence-corrected chi connectivity index (χ2v) is 9.63. The predicted octanol–water partition coefficient (Wildman–Crippen LogP) is 4.94. The quantitative estimate of drug-likeness (QED) is 0.428. The second kappa shape index (κ2) is 11.1. The standard InChI is InChI=1S/C23H25BrFN5OS/c24-18-9-10-20(19(25)13-18)26-22(31)16-32-23-28-27-21(15-29-11-5-2-6-12-29)30(23)14-17-7-3-1-4-8-17/h1,3-4,7-10,13H,2,5-6,11-12,14-16H2,(H,26,31). The summed E-state index contributed by atoms with van der Waals surface area (Å²) >= 11 is 4.53. The molecule has 0 unspecified atom stereocenters. The van der Waals surface area contributed by atoms with Gasteiger partial charge in [0, 0.05) is 4.47 Å². The van der Waals surface area contributed by atoms with Crippen molar-refractivity contribution in [1.29, 1.82) is 0 Å². The van der Waals surface area contributed by atoms with Crippen LogP contribution in [0.1, 0.15) is 30.7 Å². The van der Waals surface area contributed by atoms with E-state index >= 15 is 0 Å². The highest BCUT2D eigenvalue weighted by Crippen LogP contribution is 2.23. The molecule has 0 saturated carbocycles. The molecule has 1 aliphatic rings. The van der Waals surface area contributed by atoms with E-state index in [1.54, 1.807) is 6.07 Å². The number of hydrogen-bond acceptors (Lipinski definition) is 5. The van der Waals surface area contributed by atoms with E-state index in [-0.39, 0.29) is 17.3 Å². The maximum Gasteiger partial charge on any atom is 0.234 e. The average molecular weight is 518 g/mol. The Bertz CT molecular complexity index is 1060. The molecule has 0 radical (unpaired) electrons. The Morgan fingerprint density at radius 3 is 2.59 bits per heavy atom. The lowest BCUT2D eigenvalue weighted by Crippen LogP contribution is -2.30. The number of anilines is 1. The minimum Gasteiger partial charge on any atom is -0.323 e. The number of benzene rings is 2. The monoisotopic (exact) mass is 517 g/mol. The molecule has 0 atom stereocenters. The number of nitrogens with zero attached hydrogens (tertiary/aromatic N) is 4. The van der Waals surface area contributed by atoms with Crippen LogP contribution in [0.25, 0.3) is 0 Å². The van der Waals surface area contributed by atoms with E-state index in [2.05, 4.69) is 53.0 Å². The zero-order valence-electron chi connectivity index (χ0n) is 17.6. The zero-order chi connectivity index (χ0) is 22.3. The van der Waals surface area contributed by atoms with Crippen molar-refractivity contribution in [3.05, 3.63) is 70.2 Å². The molecule has 2 aromatic carbocycles. The molecule has 1 aliphatic heterocycles. The van der Waals surface area contributed by atoms with E-state index in [0.717, 1.165) is 31.0 Å². The van der Waals surface area contributed by atoms with Gasteiger partial charge in [-0.05, 0) is 49.7 Å². The molecule has 1 fully saturated rings. The molecule has 6 nitrogen and oxygen atoms in total. The van der Waals surface area contributed by atoms with Gasteiger partial charge in [-0.15, -0.1) is 10.2 Å². The van der Waals surface area contributed by atoms with Crippen molar-refractivity contribution < 1.29 is 9.18 Å². The molecule has 1 N–H and O–H groups in total. The Labute approximate surface area is 199 Å². The number of nitrogens with one attached hydrogen (secondary N) is 1. The third-order valence-electron chi connectivity index (χ3n) is 5.33. The van der Waals surface area contributed by atoms with Crippen molar-refractivity contribution >= 4 is 39.3 Å². The fourth-order valence-corrected chi connectivity index (χ4v) is 4.78. The first-order chi connectivity index (χ1) is 15.6. The Hall–Kier alpha value is -2.23. The van der Waals surface area contributed by atoms with Gasteiger partial charge in [0.2, 0.25) is 5.91 Å². The van der Waals surface area contributed by atoms with Gasteiger partial charge < -0.3 is 9.88 Å². The third kappa shape index (κ3) is 6.17. The fourth-order valence-electron chi connectivity index (χ4n) is 3.69. The van der Waals surface area contributed by atoms with Crippen molar-refractivity contribution in [3.63, 3.8) is 0 Å². The molecule has 1 aromatic heterocycles. The van der Waals surface area contributed by atoms with Gasteiger partial charge in [-0.2, -0.15) is 0 Å². The lowest BCUT2D eigenvalue weighted by Gasteiger charge is -2.26. The van der Waals surface area contributed by atoms with Gasteiger partial charge in [-0.25, -0.2) is 4.39 Å². The Morgan fingerprint density at radius 1 is 1.06 bits per heavy atom. The molecule has 0 bridgehead atoms. The van der Waals surface area contributed by atoms with Crippen LogP contribution in [0, 0.1) is 5.82 Å². The van der Waals surface area contributed by atoms with Crippen molar-refractivity contribution in [3.8, 4) is 0 Å². The molecule has 1 saturated heterocycles. The summed E-state index contributed by atoms with van der Waals surface area (Å²) in [7, 11) is 0. The van der Waals surface area contributed by atoms with Gasteiger partial charge in [-0.1, -0.05) is 64.4 Å². The highest BCUT2D eigenvalue weighted by atomic mass is 79.9. The molecule has 4 rings (SSSR count). The van der Waals surface area contributed by atoms with Crippen LogP contribution in [0.15, 0.2) is 58.2 Å². The fraction of sp³-hybridized carbons (Fsp3) is 0.348. The maximum absolute atomic E-state index is 14.0. The van der Waals surface area contributed by atoms with Crippen molar-refractivity contribution in [2.45, 2.75) is 37.5 Å². The third-order valence-corrected chi connectivity index (χ3v) is 6.79. The number of rotatable bonds is 8. The topological polar surface area (TPSA) is 63.1 Å². The SMILES string of the molecule is O=C(CSc1nnc(CN2CCCCC2)n1Cc1ccccc1)Nc1ccc(Br)cc1F. The van der Waals surface area contributed by atoms with E-state index < -0.39 is 5.82 Å². The summed E-state index contributed by atoms with van der Waals surface area (Å²) in [5.41, 5.74) is 1.31. The van der Waals surface area contributed by atoms with Crippen LogP contribution in [0.5, 0.6) is 0 Å². The summed E-state index contributed by atoms with van der Waals surface area (Å²) in [6, 6.07) is 14.7. The maximum atomic E-state index is 14.0. The molecule has 1 amide bonds. The van der Waals surface area contributed by atoms with Crippen molar-refractivity contribution in [2.24, 2.45) is 0 Å². The molecule has 2 heterocycles. The van der Waals surface area contributed by atoms with Crippen LogP contribution in [0.4, 0.5) is 10.1 Å². The predicted molar refractivity (Wildman–Crippen MR) is 128 cm³/mol. The number of halogens is 2. The van der Waals surface area contributed by atoms with E-state index in [1.165, 1.54) is 43.2 Å². The minimum atomic E-state index is -0.478. The second-order valence-electron chi connectivity index (χ2n) is 7.77. The zero-order valence-corrected chi connectivity index (χ0v) is 20.0. The van der Waals surface area contributed by atoms with Gasteiger partial charge in [0.05, 0.1) is 24.5 Å². The Morgan fingerprint density at radius 2 is 1.84 bits per heavy atom. The summed E-state index contributed by atoms with van der Waals surface area (Å²) in [4.78, 5) is 14.8. The number of carbonyl (C=O) groups is 1. The molecule has 0 spiro atoms. The van der Waals surface area contributed by atoms with Gasteiger partial charge in [0.25, 0.3) is 0 Å². The number of amides is 1. The summed E-state index contributed by atoms with van der Waals surface area (Å²) in [5, 5.41) is 12.1. The van der Waals surface area contributed by atoms with Gasteiger partial charge in [0.1, 0.15) is 11.6 Å². The number of piperidine rings is 1. The van der Waals surface area contributed by atoms with E-state index in [1.807, 2.05) is 18.2 Å². The molecule has 32 heavy (non-hydrogen) atoms. The summed E-state index contributed by atoms with van der Waals surface area (Å²) < 4.78 is 16.7. The lowest BCUT2D eigenvalue weighted by atomic mass is 10.1. The van der Waals surface area contributed by atoms with Crippen LogP contribution >= 0.6 is 27.7 Å². The molecule has 3 aromatic rings. The largest absolute Gasteiger partial charge is 0.323 e. The lowest BCUT2D eigenvalue weighted by molar-refractivity contribution is -0.113. The summed E-state index contributed by atoms with van der Waals surface area (Å²) in [6.45, 7) is 3.53. The number of hydrogen-bond donors (Lipinski definition) is 1. The van der Waals surface area contributed by atoms with Gasteiger partial charge in [-0.3, -0.25) is 9.69 Å². The number of aromatic nitrogens is 3. The molecule has 168 valence electrons. The van der Waals surface area contributed by atoms with Crippen LogP contribution in [-0.2, 0) is 17.9 Å². The van der Waals surface area contributed by atoms with E-state index in [0.29, 0.717) is 16.2 Å². The van der Waals surface area contributed by atoms with Crippen LogP contribution < -0.4 is 5.32 Å². The number of likely N-dealkylation sites (tertiary alicyclic amines) is 1. The molecular weight excluding hydrogens is 493 g/mol. The average Bonchev–Trinajstić information content (AvgIpc) is 3.16. The van der Waals surface area contributed by atoms with Crippen molar-refractivity contribution in [1.82, 2.24) is 19.7 Å². The van der Waals surface area contributed by atoms with Crippen LogP contribution in [0.2, 0.25) is 0 Å². The molecule has 0 aliphatic carbocycles. The Balaban J connectivity index is 1.46. The van der Waals surface area contributed by atoms with Crippen molar-refractivity contribution in [2.75, 3.05) is 24.2 Å².